The minimum atomic E-state index is -1.53. The van der Waals surface area contributed by atoms with Crippen molar-refractivity contribution in [1.29, 1.82) is 0 Å². The average Bonchev–Trinajstić information content (AvgIpc) is 2.22. The molecule has 0 spiro atoms. The van der Waals surface area contributed by atoms with Crippen molar-refractivity contribution in [2.45, 2.75) is 33.6 Å². The van der Waals surface area contributed by atoms with Gasteiger partial charge in [-0.15, -0.1) is 0 Å². The summed E-state index contributed by atoms with van der Waals surface area (Å²) in [5.41, 5.74) is -0.637. The molecule has 0 heterocycles. The largest absolute Gasteiger partial charge is 0.481 e. The lowest BCUT2D eigenvalue weighted by Gasteiger charge is -2.20. The minimum absolute atomic E-state index is 0.203. The van der Waals surface area contributed by atoms with E-state index in [4.69, 9.17) is 14.9 Å². The molecular weight excluding hydrogens is 228 g/mol. The number of hydrogen-bond acceptors (Lipinski definition) is 4. The van der Waals surface area contributed by atoms with Gasteiger partial charge in [-0.3, -0.25) is 14.4 Å². The van der Waals surface area contributed by atoms with E-state index in [1.165, 1.54) is 0 Å². The van der Waals surface area contributed by atoms with Crippen LogP contribution in [0.5, 0.6) is 0 Å². The van der Waals surface area contributed by atoms with Crippen LogP contribution in [0, 0.1) is 11.3 Å². The number of hydrogen-bond donors (Lipinski definition) is 2. The highest BCUT2D eigenvalue weighted by Crippen LogP contribution is 2.21. The topological polar surface area (TPSA) is 101 Å². The van der Waals surface area contributed by atoms with E-state index >= 15 is 0 Å². The lowest BCUT2D eigenvalue weighted by molar-refractivity contribution is -0.160. The summed E-state index contributed by atoms with van der Waals surface area (Å²) < 4.78 is 4.86. The van der Waals surface area contributed by atoms with Gasteiger partial charge in [0.05, 0.1) is 12.0 Å². The maximum absolute atomic E-state index is 11.5. The second-order valence-electron chi connectivity index (χ2n) is 4.39. The standard InChI is InChI=1S/C11H18O6/c1-4-11(2,3)10(16)17-6-5-7(8(12)13)9(14)15/h7H,4-6H2,1-3H3,(H,12,13)(H,14,15). The van der Waals surface area contributed by atoms with Crippen molar-refractivity contribution in [2.75, 3.05) is 6.61 Å². The normalized spacial score (nSPS) is 11.3. The molecule has 0 unspecified atom stereocenters. The van der Waals surface area contributed by atoms with Crippen LogP contribution in [0.15, 0.2) is 0 Å². The monoisotopic (exact) mass is 246 g/mol. The Kier molecular flexibility index (Phi) is 5.64. The van der Waals surface area contributed by atoms with Crippen LogP contribution in [0.2, 0.25) is 0 Å². The average molecular weight is 246 g/mol. The summed E-state index contributed by atoms with van der Waals surface area (Å²) in [7, 11) is 0. The number of carbonyl (C=O) groups excluding carboxylic acids is 1. The first-order chi connectivity index (χ1) is 7.72. The molecule has 0 aliphatic rings. The lowest BCUT2D eigenvalue weighted by atomic mass is 9.91. The highest BCUT2D eigenvalue weighted by atomic mass is 16.5. The first-order valence-electron chi connectivity index (χ1n) is 5.35. The number of carbonyl (C=O) groups is 3. The number of carboxylic acids is 2. The van der Waals surface area contributed by atoms with Crippen molar-refractivity contribution in [3.8, 4) is 0 Å². The third-order valence-electron chi connectivity index (χ3n) is 2.67. The molecule has 98 valence electrons. The van der Waals surface area contributed by atoms with Crippen LogP contribution < -0.4 is 0 Å². The van der Waals surface area contributed by atoms with E-state index in [1.807, 2.05) is 6.92 Å². The summed E-state index contributed by atoms with van der Waals surface area (Å²) in [6, 6.07) is 0. The van der Waals surface area contributed by atoms with Gasteiger partial charge in [0.25, 0.3) is 0 Å². The van der Waals surface area contributed by atoms with E-state index in [1.54, 1.807) is 13.8 Å². The molecule has 0 aromatic heterocycles. The predicted octanol–water partition coefficient (Wildman–Crippen LogP) is 1.14. The highest BCUT2D eigenvalue weighted by molar-refractivity contribution is 5.92. The Hall–Kier alpha value is -1.59. The molecule has 0 saturated carbocycles. The van der Waals surface area contributed by atoms with Crippen molar-refractivity contribution in [2.24, 2.45) is 11.3 Å². The zero-order chi connectivity index (χ0) is 13.6. The summed E-state index contributed by atoms with van der Waals surface area (Å²) >= 11 is 0. The predicted molar refractivity (Wildman–Crippen MR) is 58.4 cm³/mol. The summed E-state index contributed by atoms with van der Waals surface area (Å²) in [6.07, 6.45) is 0.364. The van der Waals surface area contributed by atoms with Crippen molar-refractivity contribution in [3.05, 3.63) is 0 Å². The van der Waals surface area contributed by atoms with Gasteiger partial charge in [-0.05, 0) is 20.3 Å². The molecule has 0 aliphatic heterocycles. The van der Waals surface area contributed by atoms with E-state index in [0.717, 1.165) is 0 Å². The van der Waals surface area contributed by atoms with E-state index in [-0.39, 0.29) is 13.0 Å². The molecule has 0 atom stereocenters. The van der Waals surface area contributed by atoms with Crippen LogP contribution in [0.1, 0.15) is 33.6 Å². The fourth-order valence-electron chi connectivity index (χ4n) is 0.962. The zero-order valence-corrected chi connectivity index (χ0v) is 10.2. The maximum atomic E-state index is 11.5. The van der Waals surface area contributed by atoms with Crippen molar-refractivity contribution < 1.29 is 29.3 Å². The van der Waals surface area contributed by atoms with Gasteiger partial charge in [0.15, 0.2) is 5.92 Å². The number of aliphatic carboxylic acids is 2. The van der Waals surface area contributed by atoms with E-state index < -0.39 is 29.2 Å². The molecule has 0 aromatic carbocycles. The fourth-order valence-corrected chi connectivity index (χ4v) is 0.962. The maximum Gasteiger partial charge on any atom is 0.318 e. The first kappa shape index (κ1) is 15.4. The number of esters is 1. The van der Waals surface area contributed by atoms with Crippen molar-refractivity contribution in [1.82, 2.24) is 0 Å². The van der Waals surface area contributed by atoms with Crippen LogP contribution in [0.25, 0.3) is 0 Å². The van der Waals surface area contributed by atoms with Crippen LogP contribution in [-0.4, -0.2) is 34.7 Å². The second-order valence-corrected chi connectivity index (χ2v) is 4.39. The van der Waals surface area contributed by atoms with Crippen LogP contribution in [0.3, 0.4) is 0 Å². The van der Waals surface area contributed by atoms with Crippen LogP contribution in [0.4, 0.5) is 0 Å². The molecule has 0 amide bonds. The Labute approximate surface area is 99.6 Å². The first-order valence-corrected chi connectivity index (χ1v) is 5.35. The fraction of sp³-hybridized carbons (Fsp3) is 0.727. The SMILES string of the molecule is CCC(C)(C)C(=O)OCCC(C(=O)O)C(=O)O. The van der Waals surface area contributed by atoms with Crippen molar-refractivity contribution in [3.63, 3.8) is 0 Å². The number of ether oxygens (including phenoxy) is 1. The molecule has 17 heavy (non-hydrogen) atoms. The van der Waals surface area contributed by atoms with Gasteiger partial charge in [0, 0.05) is 6.42 Å². The molecule has 6 nitrogen and oxygen atoms in total. The molecule has 6 heteroatoms. The van der Waals surface area contributed by atoms with Gasteiger partial charge >= 0.3 is 17.9 Å². The van der Waals surface area contributed by atoms with Crippen LogP contribution >= 0.6 is 0 Å². The lowest BCUT2D eigenvalue weighted by Crippen LogP contribution is -2.29. The highest BCUT2D eigenvalue weighted by Gasteiger charge is 2.29. The van der Waals surface area contributed by atoms with E-state index in [0.29, 0.717) is 6.42 Å². The Balaban J connectivity index is 4.19. The summed E-state index contributed by atoms with van der Waals surface area (Å²) in [5, 5.41) is 17.2. The van der Waals surface area contributed by atoms with Gasteiger partial charge in [0.2, 0.25) is 0 Å². The summed E-state index contributed by atoms with van der Waals surface area (Å²) in [6.45, 7) is 5.05. The van der Waals surface area contributed by atoms with E-state index in [2.05, 4.69) is 0 Å². The molecule has 0 saturated heterocycles. The van der Waals surface area contributed by atoms with Gasteiger partial charge in [-0.2, -0.15) is 0 Å². The van der Waals surface area contributed by atoms with Gasteiger partial charge in [-0.25, -0.2) is 0 Å². The van der Waals surface area contributed by atoms with Gasteiger partial charge in [0.1, 0.15) is 0 Å². The van der Waals surface area contributed by atoms with E-state index in [9.17, 15) is 14.4 Å². The number of rotatable bonds is 7. The summed E-state index contributed by atoms with van der Waals surface area (Å²) in [5.74, 6) is -4.84. The molecular formula is C11H18O6. The summed E-state index contributed by atoms with van der Waals surface area (Å²) in [4.78, 5) is 32.6. The smallest absolute Gasteiger partial charge is 0.318 e. The quantitative estimate of drug-likeness (QED) is 0.516. The minimum Gasteiger partial charge on any atom is -0.481 e. The molecule has 0 aromatic rings. The molecule has 0 bridgehead atoms. The Morgan fingerprint density at radius 1 is 1.18 bits per heavy atom. The second kappa shape index (κ2) is 6.22. The van der Waals surface area contributed by atoms with Crippen LogP contribution in [-0.2, 0) is 19.1 Å². The van der Waals surface area contributed by atoms with Crippen molar-refractivity contribution >= 4 is 17.9 Å². The molecule has 2 N–H and O–H groups in total. The van der Waals surface area contributed by atoms with Gasteiger partial charge < -0.3 is 14.9 Å². The molecule has 0 radical (unpaired) electrons. The van der Waals surface area contributed by atoms with Gasteiger partial charge in [-0.1, -0.05) is 6.92 Å². The third kappa shape index (κ3) is 4.84. The Morgan fingerprint density at radius 3 is 2.00 bits per heavy atom. The zero-order valence-electron chi connectivity index (χ0n) is 10.2. The Morgan fingerprint density at radius 2 is 1.65 bits per heavy atom. The molecule has 0 rings (SSSR count). The molecule has 0 aliphatic carbocycles. The number of carboxylic acid groups (broad SMARTS) is 2. The third-order valence-corrected chi connectivity index (χ3v) is 2.67. The Bertz CT molecular complexity index is 293. The molecule has 0 fully saturated rings.